The molecule has 2 aliphatic rings. The van der Waals surface area contributed by atoms with Gasteiger partial charge in [-0.15, -0.1) is 0 Å². The Labute approximate surface area is 209 Å². The summed E-state index contributed by atoms with van der Waals surface area (Å²) in [6.45, 7) is 2.27. The summed E-state index contributed by atoms with van der Waals surface area (Å²) in [5.41, 5.74) is 0.684. The minimum absolute atomic E-state index is 0.289. The van der Waals surface area contributed by atoms with Gasteiger partial charge in [0.1, 0.15) is 5.75 Å². The Kier molecular flexibility index (Phi) is 11.3. The largest absolute Gasteiger partial charge is 0.461 e. The van der Waals surface area contributed by atoms with Gasteiger partial charge < -0.3 is 4.74 Å². The van der Waals surface area contributed by atoms with Gasteiger partial charge in [-0.25, -0.2) is 0 Å². The molecule has 2 aliphatic carbocycles. The van der Waals surface area contributed by atoms with Gasteiger partial charge in [-0.3, -0.25) is 0 Å². The van der Waals surface area contributed by atoms with Gasteiger partial charge in [0.2, 0.25) is 0 Å². The van der Waals surface area contributed by atoms with Crippen LogP contribution in [-0.4, -0.2) is 12.5 Å². The van der Waals surface area contributed by atoms with Gasteiger partial charge in [0.25, 0.3) is 0 Å². The lowest BCUT2D eigenvalue weighted by atomic mass is 9.69. The smallest absolute Gasteiger partial charge is 0.428 e. The van der Waals surface area contributed by atoms with Crippen LogP contribution in [0.15, 0.2) is 24.3 Å². The highest BCUT2D eigenvalue weighted by molar-refractivity contribution is 5.38. The van der Waals surface area contributed by atoms with Crippen LogP contribution in [0.1, 0.15) is 109 Å². The predicted octanol–water partition coefficient (Wildman–Crippen LogP) is 9.64. The van der Waals surface area contributed by atoms with E-state index in [0.717, 1.165) is 30.6 Å². The highest BCUT2D eigenvalue weighted by atomic mass is 19.3. The van der Waals surface area contributed by atoms with Crippen LogP contribution in [-0.2, 0) is 0 Å². The molecule has 196 valence electrons. The third-order valence-corrected chi connectivity index (χ3v) is 8.08. The fourth-order valence-electron chi connectivity index (χ4n) is 5.89. The Balaban J connectivity index is 1.34. The topological polar surface area (TPSA) is 9.23 Å². The summed E-state index contributed by atoms with van der Waals surface area (Å²) in [5, 5.41) is 0. The lowest BCUT2D eigenvalue weighted by molar-refractivity contribution is -0.253. The Morgan fingerprint density at radius 3 is 2.00 bits per heavy atom. The number of benzene rings is 1. The van der Waals surface area contributed by atoms with Crippen LogP contribution in [0.4, 0.5) is 17.6 Å². The normalized spacial score (nSPS) is 25.2. The minimum atomic E-state index is -4.49. The van der Waals surface area contributed by atoms with Crippen molar-refractivity contribution in [1.29, 1.82) is 0 Å². The first-order chi connectivity index (χ1) is 16.9. The van der Waals surface area contributed by atoms with Crippen molar-refractivity contribution >= 4 is 0 Å². The van der Waals surface area contributed by atoms with Gasteiger partial charge in [0.15, 0.2) is 0 Å². The number of ether oxygens (including phenoxy) is 1. The molecule has 5 heteroatoms. The second-order valence-electron chi connectivity index (χ2n) is 10.7. The average Bonchev–Trinajstić information content (AvgIpc) is 2.86. The van der Waals surface area contributed by atoms with Gasteiger partial charge in [-0.05, 0) is 80.5 Å². The number of halogens is 4. The molecule has 2 fully saturated rings. The van der Waals surface area contributed by atoms with E-state index in [1.54, 1.807) is 12.1 Å². The van der Waals surface area contributed by atoms with E-state index in [2.05, 4.69) is 23.5 Å². The monoisotopic (exact) mass is 494 g/mol. The van der Waals surface area contributed by atoms with E-state index in [0.29, 0.717) is 11.5 Å². The summed E-state index contributed by atoms with van der Waals surface area (Å²) >= 11 is 0. The molecule has 0 aromatic heterocycles. The Morgan fingerprint density at radius 2 is 1.40 bits per heavy atom. The summed E-state index contributed by atoms with van der Waals surface area (Å²) < 4.78 is 54.6. The second-order valence-corrected chi connectivity index (χ2v) is 10.7. The Bertz CT molecular complexity index is 779. The van der Waals surface area contributed by atoms with E-state index < -0.39 is 12.5 Å². The molecule has 0 saturated heterocycles. The van der Waals surface area contributed by atoms with Gasteiger partial charge in [0, 0.05) is 11.5 Å². The number of alkyl halides is 4. The van der Waals surface area contributed by atoms with E-state index >= 15 is 0 Å². The molecule has 0 spiro atoms. The zero-order valence-corrected chi connectivity index (χ0v) is 21.2. The van der Waals surface area contributed by atoms with Crippen LogP contribution < -0.4 is 4.74 Å². The molecule has 1 nitrogen and oxygen atoms in total. The molecule has 0 atom stereocenters. The minimum Gasteiger partial charge on any atom is -0.428 e. The molecule has 0 N–H and O–H groups in total. The Morgan fingerprint density at radius 1 is 0.829 bits per heavy atom. The Hall–Kier alpha value is -1.70. The molecule has 0 heterocycles. The van der Waals surface area contributed by atoms with Crippen molar-refractivity contribution in [3.05, 3.63) is 29.8 Å². The van der Waals surface area contributed by atoms with Crippen LogP contribution in [0.5, 0.6) is 5.75 Å². The maximum Gasteiger partial charge on any atom is 0.461 e. The van der Waals surface area contributed by atoms with Crippen molar-refractivity contribution in [3.8, 4) is 17.6 Å². The molecule has 0 amide bonds. The number of hydrogen-bond acceptors (Lipinski definition) is 1. The zero-order chi connectivity index (χ0) is 25.1. The third-order valence-electron chi connectivity index (χ3n) is 8.08. The molecule has 3 rings (SSSR count). The number of rotatable bonds is 11. The zero-order valence-electron chi connectivity index (χ0n) is 21.2. The lowest BCUT2D eigenvalue weighted by Gasteiger charge is -2.37. The summed E-state index contributed by atoms with van der Waals surface area (Å²) in [6, 6.07) is 5.61. The fourth-order valence-corrected chi connectivity index (χ4v) is 5.89. The first kappa shape index (κ1) is 27.9. The summed E-state index contributed by atoms with van der Waals surface area (Å²) in [4.78, 5) is 0. The highest BCUT2D eigenvalue weighted by Crippen LogP contribution is 2.42. The summed E-state index contributed by atoms with van der Waals surface area (Å²) in [6.07, 6.45) is 11.8. The van der Waals surface area contributed by atoms with Crippen molar-refractivity contribution in [3.63, 3.8) is 0 Å². The van der Waals surface area contributed by atoms with Crippen molar-refractivity contribution in [1.82, 2.24) is 0 Å². The van der Waals surface area contributed by atoms with E-state index in [-0.39, 0.29) is 5.75 Å². The van der Waals surface area contributed by atoms with Crippen LogP contribution in [0, 0.1) is 35.5 Å². The van der Waals surface area contributed by atoms with Crippen LogP contribution >= 0.6 is 0 Å². The van der Waals surface area contributed by atoms with Gasteiger partial charge in [0.05, 0.1) is 0 Å². The van der Waals surface area contributed by atoms with Crippen molar-refractivity contribution in [2.24, 2.45) is 23.7 Å². The molecule has 0 bridgehead atoms. The average molecular weight is 495 g/mol. The standard InChI is InChI=1S/C30H42F4O/c1-2-3-4-5-6-7-8-23-11-17-26(18-12-23)27-19-13-24(14-20-27)9-10-25-15-21-28(22-16-25)35-30(33,34)29(31)32/h15-16,21-24,26-27,29H,2-8,11-14,17-20H2,1H3/t23-,24?,26-,27?. The van der Waals surface area contributed by atoms with E-state index in [9.17, 15) is 17.6 Å². The lowest BCUT2D eigenvalue weighted by Crippen LogP contribution is -2.33. The highest BCUT2D eigenvalue weighted by Gasteiger charge is 2.43. The van der Waals surface area contributed by atoms with Crippen molar-refractivity contribution in [2.75, 3.05) is 0 Å². The molecular formula is C30H42F4O. The predicted molar refractivity (Wildman–Crippen MR) is 134 cm³/mol. The molecule has 35 heavy (non-hydrogen) atoms. The maximum absolute atomic E-state index is 13.0. The van der Waals surface area contributed by atoms with Crippen molar-refractivity contribution < 1.29 is 22.3 Å². The quantitative estimate of drug-likeness (QED) is 0.169. The van der Waals surface area contributed by atoms with Gasteiger partial charge in [-0.2, -0.15) is 17.6 Å². The van der Waals surface area contributed by atoms with E-state index in [4.69, 9.17) is 0 Å². The molecule has 0 aliphatic heterocycles. The summed E-state index contributed by atoms with van der Waals surface area (Å²) in [5.74, 6) is 9.23. The molecule has 1 aromatic rings. The second kappa shape index (κ2) is 14.1. The molecule has 1 aromatic carbocycles. The fraction of sp³-hybridized carbons (Fsp3) is 0.733. The van der Waals surface area contributed by atoms with E-state index in [1.165, 1.54) is 95.6 Å². The third kappa shape index (κ3) is 9.36. The number of hydrogen-bond donors (Lipinski definition) is 0. The first-order valence-corrected chi connectivity index (χ1v) is 13.8. The van der Waals surface area contributed by atoms with Crippen molar-refractivity contribution in [2.45, 2.75) is 116 Å². The van der Waals surface area contributed by atoms with Gasteiger partial charge in [-0.1, -0.05) is 76.6 Å². The molecule has 2 saturated carbocycles. The van der Waals surface area contributed by atoms with Gasteiger partial charge >= 0.3 is 12.5 Å². The SMILES string of the molecule is CCCCCCCC[C@H]1CC[C@H](C2CCC(C#Cc3ccc(OC(F)(F)C(F)F)cc3)CC2)CC1. The van der Waals surface area contributed by atoms with Crippen LogP contribution in [0.3, 0.4) is 0 Å². The summed E-state index contributed by atoms with van der Waals surface area (Å²) in [7, 11) is 0. The van der Waals surface area contributed by atoms with Crippen LogP contribution in [0.2, 0.25) is 0 Å². The molecular weight excluding hydrogens is 452 g/mol. The molecule has 0 unspecified atom stereocenters. The maximum atomic E-state index is 13.0. The van der Waals surface area contributed by atoms with Crippen LogP contribution in [0.25, 0.3) is 0 Å². The molecule has 0 radical (unpaired) electrons. The van der Waals surface area contributed by atoms with E-state index in [1.807, 2.05) is 0 Å². The number of unbranched alkanes of at least 4 members (excludes halogenated alkanes) is 5. The first-order valence-electron chi connectivity index (χ1n) is 13.8.